The van der Waals surface area contributed by atoms with Crippen molar-refractivity contribution in [1.82, 2.24) is 15.1 Å². The number of aromatic nitrogens is 2. The average Bonchev–Trinajstić information content (AvgIpc) is 2.68. The monoisotopic (exact) mass is 257 g/mol. The number of hydrogen-bond acceptors (Lipinski definition) is 2. The fourth-order valence-corrected chi connectivity index (χ4v) is 2.10. The van der Waals surface area contributed by atoms with Crippen molar-refractivity contribution in [2.75, 3.05) is 6.54 Å². The van der Waals surface area contributed by atoms with Gasteiger partial charge < -0.3 is 5.32 Å². The molecule has 0 saturated heterocycles. The molecule has 0 unspecified atom stereocenters. The number of carbonyl (C=O) groups excluding carboxylic acids is 1. The second-order valence-corrected chi connectivity index (χ2v) is 4.72. The minimum atomic E-state index is -0.0281. The zero-order chi connectivity index (χ0) is 13.8. The lowest BCUT2D eigenvalue weighted by atomic mass is 10.1. The molecular weight excluding hydrogens is 238 g/mol. The molecule has 4 heteroatoms. The van der Waals surface area contributed by atoms with Crippen LogP contribution in [0, 0.1) is 20.8 Å². The maximum atomic E-state index is 12.0. The summed E-state index contributed by atoms with van der Waals surface area (Å²) in [4.78, 5) is 12.0. The Morgan fingerprint density at radius 2 is 2.00 bits per heavy atom. The number of nitrogens with zero attached hydrogens (tertiary/aromatic N) is 2. The van der Waals surface area contributed by atoms with Crippen LogP contribution in [-0.4, -0.2) is 22.2 Å². The van der Waals surface area contributed by atoms with Gasteiger partial charge >= 0.3 is 0 Å². The average molecular weight is 257 g/mol. The van der Waals surface area contributed by atoms with Gasteiger partial charge in [-0.2, -0.15) is 5.10 Å². The highest BCUT2D eigenvalue weighted by molar-refractivity contribution is 5.95. The lowest BCUT2D eigenvalue weighted by Gasteiger charge is -2.08. The van der Waals surface area contributed by atoms with E-state index in [9.17, 15) is 4.79 Å². The van der Waals surface area contributed by atoms with E-state index in [2.05, 4.69) is 10.4 Å². The second-order valence-electron chi connectivity index (χ2n) is 4.72. The number of benzene rings is 1. The summed E-state index contributed by atoms with van der Waals surface area (Å²) >= 11 is 0. The molecule has 0 fully saturated rings. The summed E-state index contributed by atoms with van der Waals surface area (Å²) in [6.07, 6.45) is 0. The Morgan fingerprint density at radius 3 is 2.63 bits per heavy atom. The van der Waals surface area contributed by atoms with E-state index >= 15 is 0 Å². The SMILES string of the molecule is Cc1cc(C)n(CCNC(=O)c2ccccc2C)n1. The molecule has 0 aliphatic heterocycles. The first kappa shape index (κ1) is 13.3. The largest absolute Gasteiger partial charge is 0.350 e. The van der Waals surface area contributed by atoms with Crippen molar-refractivity contribution in [2.45, 2.75) is 27.3 Å². The van der Waals surface area contributed by atoms with Gasteiger partial charge in [0.25, 0.3) is 5.91 Å². The van der Waals surface area contributed by atoms with Crippen molar-refractivity contribution < 1.29 is 4.79 Å². The molecule has 0 aliphatic carbocycles. The zero-order valence-corrected chi connectivity index (χ0v) is 11.6. The van der Waals surface area contributed by atoms with Crippen LogP contribution in [0.4, 0.5) is 0 Å². The summed E-state index contributed by atoms with van der Waals surface area (Å²) < 4.78 is 1.91. The molecule has 2 rings (SSSR count). The van der Waals surface area contributed by atoms with E-state index in [1.807, 2.05) is 55.8 Å². The van der Waals surface area contributed by atoms with Crippen molar-refractivity contribution in [2.24, 2.45) is 0 Å². The molecule has 0 aliphatic rings. The Balaban J connectivity index is 1.91. The van der Waals surface area contributed by atoms with Crippen LogP contribution < -0.4 is 5.32 Å². The van der Waals surface area contributed by atoms with Crippen LogP contribution in [0.25, 0.3) is 0 Å². The molecule has 1 heterocycles. The number of nitrogens with one attached hydrogen (secondary N) is 1. The van der Waals surface area contributed by atoms with E-state index in [1.54, 1.807) is 0 Å². The molecular formula is C15H19N3O. The number of amides is 1. The first-order valence-corrected chi connectivity index (χ1v) is 6.43. The number of carbonyl (C=O) groups is 1. The van der Waals surface area contributed by atoms with Crippen LogP contribution in [0.15, 0.2) is 30.3 Å². The van der Waals surface area contributed by atoms with E-state index in [0.717, 1.165) is 22.5 Å². The van der Waals surface area contributed by atoms with Crippen LogP contribution in [0.3, 0.4) is 0 Å². The van der Waals surface area contributed by atoms with Gasteiger partial charge in [0, 0.05) is 17.8 Å². The van der Waals surface area contributed by atoms with E-state index in [0.29, 0.717) is 13.1 Å². The van der Waals surface area contributed by atoms with Crippen LogP contribution in [0.1, 0.15) is 27.3 Å². The van der Waals surface area contributed by atoms with Gasteiger partial charge in [0.05, 0.1) is 12.2 Å². The third-order valence-corrected chi connectivity index (χ3v) is 3.10. The third kappa shape index (κ3) is 3.22. The summed E-state index contributed by atoms with van der Waals surface area (Å²) in [6.45, 7) is 7.20. The van der Waals surface area contributed by atoms with Crippen molar-refractivity contribution in [3.05, 3.63) is 52.8 Å². The highest BCUT2D eigenvalue weighted by Gasteiger charge is 2.07. The molecule has 0 radical (unpaired) electrons. The van der Waals surface area contributed by atoms with Crippen LogP contribution in [0.2, 0.25) is 0 Å². The zero-order valence-electron chi connectivity index (χ0n) is 11.6. The summed E-state index contributed by atoms with van der Waals surface area (Å²) in [5.41, 5.74) is 3.84. The molecule has 0 spiro atoms. The number of hydrogen-bond donors (Lipinski definition) is 1. The standard InChI is InChI=1S/C15H19N3O/c1-11-6-4-5-7-14(11)15(19)16-8-9-18-13(3)10-12(2)17-18/h4-7,10H,8-9H2,1-3H3,(H,16,19). The molecule has 0 bridgehead atoms. The molecule has 2 aromatic rings. The van der Waals surface area contributed by atoms with Crippen molar-refractivity contribution in [3.63, 3.8) is 0 Å². The molecule has 1 N–H and O–H groups in total. The maximum absolute atomic E-state index is 12.0. The molecule has 4 nitrogen and oxygen atoms in total. The van der Waals surface area contributed by atoms with Crippen molar-refractivity contribution in [3.8, 4) is 0 Å². The fraction of sp³-hybridized carbons (Fsp3) is 0.333. The second kappa shape index (κ2) is 5.69. The Hall–Kier alpha value is -2.10. The molecule has 0 saturated carbocycles. The molecule has 1 amide bonds. The van der Waals surface area contributed by atoms with E-state index < -0.39 is 0 Å². The van der Waals surface area contributed by atoms with Crippen molar-refractivity contribution >= 4 is 5.91 Å². The molecule has 100 valence electrons. The van der Waals surface area contributed by atoms with Gasteiger partial charge in [0.2, 0.25) is 0 Å². The highest BCUT2D eigenvalue weighted by atomic mass is 16.1. The molecule has 1 aromatic heterocycles. The van der Waals surface area contributed by atoms with E-state index in [4.69, 9.17) is 0 Å². The minimum absolute atomic E-state index is 0.0281. The lowest BCUT2D eigenvalue weighted by Crippen LogP contribution is -2.28. The summed E-state index contributed by atoms with van der Waals surface area (Å²) in [5, 5.41) is 7.29. The number of rotatable bonds is 4. The summed E-state index contributed by atoms with van der Waals surface area (Å²) in [5.74, 6) is -0.0281. The Bertz CT molecular complexity index is 587. The maximum Gasteiger partial charge on any atom is 0.251 e. The predicted molar refractivity (Wildman–Crippen MR) is 75.2 cm³/mol. The molecule has 19 heavy (non-hydrogen) atoms. The Kier molecular flexibility index (Phi) is 4.00. The topological polar surface area (TPSA) is 46.9 Å². The fourth-order valence-electron chi connectivity index (χ4n) is 2.10. The van der Waals surface area contributed by atoms with Gasteiger partial charge in [-0.1, -0.05) is 18.2 Å². The van der Waals surface area contributed by atoms with Gasteiger partial charge in [-0.15, -0.1) is 0 Å². The third-order valence-electron chi connectivity index (χ3n) is 3.10. The summed E-state index contributed by atoms with van der Waals surface area (Å²) in [7, 11) is 0. The predicted octanol–water partition coefficient (Wildman–Crippen LogP) is 2.24. The van der Waals surface area contributed by atoms with E-state index in [-0.39, 0.29) is 5.91 Å². The van der Waals surface area contributed by atoms with Gasteiger partial charge in [0.15, 0.2) is 0 Å². The lowest BCUT2D eigenvalue weighted by molar-refractivity contribution is 0.0951. The summed E-state index contributed by atoms with van der Waals surface area (Å²) in [6, 6.07) is 9.62. The van der Waals surface area contributed by atoms with Crippen LogP contribution in [-0.2, 0) is 6.54 Å². The quantitative estimate of drug-likeness (QED) is 0.913. The Morgan fingerprint density at radius 1 is 1.26 bits per heavy atom. The Labute approximate surface area is 113 Å². The first-order chi connectivity index (χ1) is 9.08. The first-order valence-electron chi connectivity index (χ1n) is 6.43. The molecule has 0 atom stereocenters. The van der Waals surface area contributed by atoms with Crippen molar-refractivity contribution in [1.29, 1.82) is 0 Å². The van der Waals surface area contributed by atoms with Gasteiger partial charge in [-0.25, -0.2) is 0 Å². The van der Waals surface area contributed by atoms with Gasteiger partial charge in [0.1, 0.15) is 0 Å². The van der Waals surface area contributed by atoms with Crippen LogP contribution in [0.5, 0.6) is 0 Å². The van der Waals surface area contributed by atoms with Crippen LogP contribution >= 0.6 is 0 Å². The molecule has 1 aromatic carbocycles. The smallest absolute Gasteiger partial charge is 0.251 e. The number of aryl methyl sites for hydroxylation is 3. The normalized spacial score (nSPS) is 10.5. The van der Waals surface area contributed by atoms with Gasteiger partial charge in [-0.05, 0) is 38.5 Å². The van der Waals surface area contributed by atoms with E-state index in [1.165, 1.54) is 0 Å². The van der Waals surface area contributed by atoms with Gasteiger partial charge in [-0.3, -0.25) is 9.48 Å². The highest BCUT2D eigenvalue weighted by Crippen LogP contribution is 2.06. The minimum Gasteiger partial charge on any atom is -0.350 e.